The van der Waals surface area contributed by atoms with Crippen LogP contribution < -0.4 is 14.4 Å². The molecule has 0 bridgehead atoms. The van der Waals surface area contributed by atoms with Gasteiger partial charge in [0.05, 0.1) is 33.9 Å². The minimum absolute atomic E-state index is 0.138. The summed E-state index contributed by atoms with van der Waals surface area (Å²) < 4.78 is 36.1. The van der Waals surface area contributed by atoms with Gasteiger partial charge < -0.3 is 18.5 Å². The fourth-order valence-electron chi connectivity index (χ4n) is 3.58. The molecule has 1 unspecified atom stereocenters. The Morgan fingerprint density at radius 1 is 1.00 bits per heavy atom. The maximum Gasteiger partial charge on any atom is 0.357 e. The van der Waals surface area contributed by atoms with E-state index >= 15 is 0 Å². The van der Waals surface area contributed by atoms with Crippen LogP contribution in [0, 0.1) is 0 Å². The van der Waals surface area contributed by atoms with Crippen molar-refractivity contribution in [2.45, 2.75) is 26.1 Å². The third kappa shape index (κ3) is 4.04. The molecule has 1 aliphatic rings. The van der Waals surface area contributed by atoms with Crippen LogP contribution in [0.1, 0.15) is 30.8 Å². The molecule has 0 radical (unpaired) electrons. The summed E-state index contributed by atoms with van der Waals surface area (Å²) in [6.45, 7) is 3.87. The lowest BCUT2D eigenvalue weighted by Gasteiger charge is -2.40. The summed E-state index contributed by atoms with van der Waals surface area (Å²) in [5.41, 5.74) is 2.00. The highest BCUT2D eigenvalue weighted by Gasteiger charge is 2.48. The zero-order valence-electron chi connectivity index (χ0n) is 17.1. The lowest BCUT2D eigenvalue weighted by molar-refractivity contribution is -0.118. The lowest BCUT2D eigenvalue weighted by Crippen LogP contribution is -2.41. The van der Waals surface area contributed by atoms with E-state index in [1.807, 2.05) is 18.2 Å². The maximum absolute atomic E-state index is 13.9. The summed E-state index contributed by atoms with van der Waals surface area (Å²) in [4.78, 5) is 14.7. The minimum Gasteiger partial charge on any atom is -0.493 e. The van der Waals surface area contributed by atoms with Gasteiger partial charge in [0.1, 0.15) is 0 Å². The van der Waals surface area contributed by atoms with Crippen LogP contribution in [0.2, 0.25) is 0 Å². The zero-order valence-corrected chi connectivity index (χ0v) is 18.0. The van der Waals surface area contributed by atoms with Gasteiger partial charge in [0.15, 0.2) is 17.3 Å². The Bertz CT molecular complexity index is 907. The minimum atomic E-state index is -3.73. The molecule has 156 valence electrons. The van der Waals surface area contributed by atoms with Gasteiger partial charge in [-0.2, -0.15) is 0 Å². The first-order valence-electron chi connectivity index (χ1n) is 9.49. The third-order valence-corrected chi connectivity index (χ3v) is 7.07. The topological polar surface area (TPSA) is 74.3 Å². The Morgan fingerprint density at radius 2 is 1.59 bits per heavy atom. The molecule has 29 heavy (non-hydrogen) atoms. The Labute approximate surface area is 171 Å². The van der Waals surface area contributed by atoms with Gasteiger partial charge in [0.2, 0.25) is 5.91 Å². The Hall–Kier alpha value is -2.34. The molecule has 0 saturated heterocycles. The largest absolute Gasteiger partial charge is 0.493 e. The van der Waals surface area contributed by atoms with E-state index < -0.39 is 13.4 Å². The van der Waals surface area contributed by atoms with Crippen LogP contribution in [0.3, 0.4) is 0 Å². The SMILES string of the molecule is CCOP(=O)(OCC)C1c2cc(OC)c(OC)cc2CC(=O)N1c1ccccc1. The highest BCUT2D eigenvalue weighted by atomic mass is 31.2. The average Bonchev–Trinajstić information content (AvgIpc) is 2.72. The first-order chi connectivity index (χ1) is 14.0. The van der Waals surface area contributed by atoms with Crippen molar-refractivity contribution in [3.05, 3.63) is 53.6 Å². The van der Waals surface area contributed by atoms with Crippen LogP contribution in [-0.4, -0.2) is 33.3 Å². The van der Waals surface area contributed by atoms with Gasteiger partial charge in [-0.05, 0) is 49.2 Å². The summed E-state index contributed by atoms with van der Waals surface area (Å²) in [5.74, 6) is -0.131. The number of anilines is 1. The molecular weight excluding hydrogens is 393 g/mol. The first-order valence-corrected chi connectivity index (χ1v) is 11.1. The molecule has 1 amide bonds. The predicted molar refractivity (Wildman–Crippen MR) is 111 cm³/mol. The highest BCUT2D eigenvalue weighted by Crippen LogP contribution is 2.65. The van der Waals surface area contributed by atoms with Crippen molar-refractivity contribution in [2.24, 2.45) is 0 Å². The predicted octanol–water partition coefficient (Wildman–Crippen LogP) is 4.56. The molecule has 0 saturated carbocycles. The molecule has 1 aliphatic heterocycles. The number of hydrogen-bond donors (Lipinski definition) is 0. The molecule has 0 aromatic heterocycles. The quantitative estimate of drug-likeness (QED) is 0.584. The number of ether oxygens (including phenoxy) is 2. The van der Waals surface area contributed by atoms with E-state index in [0.29, 0.717) is 28.3 Å². The van der Waals surface area contributed by atoms with E-state index in [-0.39, 0.29) is 25.5 Å². The highest BCUT2D eigenvalue weighted by molar-refractivity contribution is 7.54. The van der Waals surface area contributed by atoms with Crippen molar-refractivity contribution in [3.63, 3.8) is 0 Å². The van der Waals surface area contributed by atoms with Gasteiger partial charge in [-0.3, -0.25) is 14.3 Å². The van der Waals surface area contributed by atoms with Crippen LogP contribution in [0.5, 0.6) is 11.5 Å². The number of rotatable bonds is 8. The average molecular weight is 419 g/mol. The Morgan fingerprint density at radius 3 is 2.14 bits per heavy atom. The number of carbonyl (C=O) groups is 1. The van der Waals surface area contributed by atoms with Crippen molar-refractivity contribution in [3.8, 4) is 11.5 Å². The zero-order chi connectivity index (χ0) is 21.0. The van der Waals surface area contributed by atoms with Gasteiger partial charge in [0, 0.05) is 5.69 Å². The summed E-state index contributed by atoms with van der Waals surface area (Å²) in [6.07, 6.45) is 0.138. The second-order valence-electron chi connectivity index (χ2n) is 6.43. The van der Waals surface area contributed by atoms with Gasteiger partial charge in [0.25, 0.3) is 0 Å². The molecular formula is C21H26NO6P. The monoisotopic (exact) mass is 419 g/mol. The van der Waals surface area contributed by atoms with E-state index in [4.69, 9.17) is 18.5 Å². The number of fused-ring (bicyclic) bond motifs is 1. The normalized spacial score (nSPS) is 16.5. The number of carbonyl (C=O) groups excluding carboxylic acids is 1. The summed E-state index contributed by atoms with van der Waals surface area (Å²) >= 11 is 0. The van der Waals surface area contributed by atoms with E-state index in [1.54, 1.807) is 38.1 Å². The number of hydrogen-bond acceptors (Lipinski definition) is 6. The fourth-order valence-corrected chi connectivity index (χ4v) is 5.78. The molecule has 0 aliphatic carbocycles. The molecule has 0 fully saturated rings. The van der Waals surface area contributed by atoms with Crippen molar-refractivity contribution in [1.82, 2.24) is 0 Å². The van der Waals surface area contributed by atoms with Crippen molar-refractivity contribution in [1.29, 1.82) is 0 Å². The third-order valence-electron chi connectivity index (χ3n) is 4.73. The molecule has 0 N–H and O–H groups in total. The van der Waals surface area contributed by atoms with Gasteiger partial charge >= 0.3 is 7.60 Å². The van der Waals surface area contributed by atoms with Crippen molar-refractivity contribution >= 4 is 19.2 Å². The molecule has 0 spiro atoms. The molecule has 2 aromatic rings. The molecule has 1 heterocycles. The second-order valence-corrected chi connectivity index (χ2v) is 8.52. The Kier molecular flexibility index (Phi) is 6.63. The van der Waals surface area contributed by atoms with E-state index in [0.717, 1.165) is 0 Å². The summed E-state index contributed by atoms with van der Waals surface area (Å²) in [5, 5.41) is 0. The summed E-state index contributed by atoms with van der Waals surface area (Å²) in [7, 11) is -0.661. The van der Waals surface area contributed by atoms with E-state index in [2.05, 4.69) is 0 Å². The number of benzene rings is 2. The van der Waals surface area contributed by atoms with Gasteiger partial charge in [-0.25, -0.2) is 0 Å². The summed E-state index contributed by atoms with van der Waals surface area (Å²) in [6, 6.07) is 12.6. The number of nitrogens with zero attached hydrogens (tertiary/aromatic N) is 1. The van der Waals surface area contributed by atoms with Crippen molar-refractivity contribution < 1.29 is 27.9 Å². The number of methoxy groups -OCH3 is 2. The van der Waals surface area contributed by atoms with Crippen LogP contribution in [0.25, 0.3) is 0 Å². The second kappa shape index (κ2) is 8.99. The van der Waals surface area contributed by atoms with E-state index in [1.165, 1.54) is 19.1 Å². The van der Waals surface area contributed by atoms with Crippen LogP contribution in [0.15, 0.2) is 42.5 Å². The molecule has 8 heteroatoms. The van der Waals surface area contributed by atoms with Gasteiger partial charge in [-0.1, -0.05) is 18.2 Å². The first kappa shape index (κ1) is 21.4. The molecule has 7 nitrogen and oxygen atoms in total. The maximum atomic E-state index is 13.9. The standard InChI is InChI=1S/C21H26NO6P/c1-5-27-29(24,28-6-2)21-17-14-19(26-4)18(25-3)12-15(17)13-20(23)22(21)16-10-8-7-9-11-16/h7-12,14,21H,5-6,13H2,1-4H3. The van der Waals surface area contributed by atoms with Crippen molar-refractivity contribution in [2.75, 3.05) is 32.3 Å². The van der Waals surface area contributed by atoms with Crippen LogP contribution in [0.4, 0.5) is 5.69 Å². The molecule has 1 atom stereocenters. The lowest BCUT2D eigenvalue weighted by atomic mass is 9.97. The fraction of sp³-hybridized carbons (Fsp3) is 0.381. The van der Waals surface area contributed by atoms with Crippen LogP contribution >= 0.6 is 7.60 Å². The number of amides is 1. The number of para-hydroxylation sites is 1. The molecule has 3 rings (SSSR count). The molecule has 2 aromatic carbocycles. The van der Waals surface area contributed by atoms with Crippen LogP contribution in [-0.2, 0) is 24.8 Å². The smallest absolute Gasteiger partial charge is 0.357 e. The van der Waals surface area contributed by atoms with E-state index in [9.17, 15) is 9.36 Å². The Balaban J connectivity index is 2.27. The van der Waals surface area contributed by atoms with Gasteiger partial charge in [-0.15, -0.1) is 0 Å².